The zero-order chi connectivity index (χ0) is 11.1. The van der Waals surface area contributed by atoms with E-state index in [0.717, 1.165) is 18.1 Å². The zero-order valence-electron chi connectivity index (χ0n) is 9.53. The van der Waals surface area contributed by atoms with E-state index in [4.69, 9.17) is 10.5 Å². The third kappa shape index (κ3) is 1.55. The van der Waals surface area contributed by atoms with Crippen LogP contribution in [0.1, 0.15) is 25.5 Å². The number of hydrogen-bond acceptors (Lipinski definition) is 4. The molecule has 0 aliphatic carbocycles. The fourth-order valence-corrected chi connectivity index (χ4v) is 2.00. The molecule has 15 heavy (non-hydrogen) atoms. The number of ether oxygens (including phenoxy) is 1. The molecule has 2 atom stereocenters. The third-order valence-corrected chi connectivity index (χ3v) is 3.15. The second kappa shape index (κ2) is 3.57. The topological polar surface area (TPSA) is 66.0 Å². The van der Waals surface area contributed by atoms with E-state index >= 15 is 0 Å². The van der Waals surface area contributed by atoms with Gasteiger partial charge in [-0.15, -0.1) is 0 Å². The maximum atomic E-state index is 6.06. The zero-order valence-corrected chi connectivity index (χ0v) is 9.53. The summed E-state index contributed by atoms with van der Waals surface area (Å²) >= 11 is 0. The fraction of sp³-hybridized carbons (Fsp3) is 0.800. The highest BCUT2D eigenvalue weighted by Crippen LogP contribution is 2.30. The number of hydrogen-bond donors (Lipinski definition) is 1. The first kappa shape index (κ1) is 10.6. The Morgan fingerprint density at radius 1 is 1.67 bits per heavy atom. The molecular formula is C10H18N4O. The molecule has 0 spiro atoms. The monoisotopic (exact) mass is 210 g/mol. The van der Waals surface area contributed by atoms with Crippen LogP contribution in [0.15, 0.2) is 0 Å². The summed E-state index contributed by atoms with van der Waals surface area (Å²) in [5, 5.41) is 4.35. The van der Waals surface area contributed by atoms with Crippen LogP contribution in [0.5, 0.6) is 0 Å². The molecule has 1 fully saturated rings. The SMILES string of the molecule is CCc1nc(C2(C)COCC2N)n(C)n1. The minimum absolute atomic E-state index is 0.00473. The average Bonchev–Trinajstić information content (AvgIpc) is 2.73. The average molecular weight is 210 g/mol. The van der Waals surface area contributed by atoms with E-state index in [1.165, 1.54) is 0 Å². The largest absolute Gasteiger partial charge is 0.379 e. The summed E-state index contributed by atoms with van der Waals surface area (Å²) in [6.45, 7) is 5.37. The van der Waals surface area contributed by atoms with E-state index in [1.807, 2.05) is 18.7 Å². The van der Waals surface area contributed by atoms with E-state index in [2.05, 4.69) is 17.0 Å². The summed E-state index contributed by atoms with van der Waals surface area (Å²) < 4.78 is 7.25. The van der Waals surface area contributed by atoms with E-state index in [0.29, 0.717) is 13.2 Å². The van der Waals surface area contributed by atoms with Crippen molar-refractivity contribution in [2.45, 2.75) is 31.7 Å². The first-order valence-corrected chi connectivity index (χ1v) is 5.31. The van der Waals surface area contributed by atoms with Gasteiger partial charge in [0.25, 0.3) is 0 Å². The molecular weight excluding hydrogens is 192 g/mol. The van der Waals surface area contributed by atoms with Gasteiger partial charge in [-0.3, -0.25) is 4.68 Å². The second-order valence-electron chi connectivity index (χ2n) is 4.37. The lowest BCUT2D eigenvalue weighted by atomic mass is 9.85. The van der Waals surface area contributed by atoms with E-state index in [1.54, 1.807) is 0 Å². The highest BCUT2D eigenvalue weighted by atomic mass is 16.5. The van der Waals surface area contributed by atoms with Gasteiger partial charge in [-0.25, -0.2) is 4.98 Å². The highest BCUT2D eigenvalue weighted by Gasteiger charge is 2.42. The predicted molar refractivity (Wildman–Crippen MR) is 56.5 cm³/mol. The van der Waals surface area contributed by atoms with Crippen LogP contribution in [0.3, 0.4) is 0 Å². The lowest BCUT2D eigenvalue weighted by Crippen LogP contribution is -2.43. The molecule has 2 rings (SSSR count). The van der Waals surface area contributed by atoms with Gasteiger partial charge in [0.1, 0.15) is 5.82 Å². The maximum Gasteiger partial charge on any atom is 0.150 e. The normalized spacial score (nSPS) is 31.1. The Labute approximate surface area is 89.6 Å². The van der Waals surface area contributed by atoms with Crippen LogP contribution in [0.2, 0.25) is 0 Å². The Morgan fingerprint density at radius 2 is 2.40 bits per heavy atom. The van der Waals surface area contributed by atoms with Crippen molar-refractivity contribution in [3.63, 3.8) is 0 Å². The van der Waals surface area contributed by atoms with Crippen molar-refractivity contribution in [3.05, 3.63) is 11.6 Å². The maximum absolute atomic E-state index is 6.06. The van der Waals surface area contributed by atoms with Crippen molar-refractivity contribution in [3.8, 4) is 0 Å². The summed E-state index contributed by atoms with van der Waals surface area (Å²) in [6, 6.07) is 0.00473. The number of nitrogens with zero attached hydrogens (tertiary/aromatic N) is 3. The van der Waals surface area contributed by atoms with Crippen LogP contribution in [0, 0.1) is 0 Å². The van der Waals surface area contributed by atoms with E-state index in [9.17, 15) is 0 Å². The molecule has 0 radical (unpaired) electrons. The van der Waals surface area contributed by atoms with Crippen LogP contribution < -0.4 is 5.73 Å². The van der Waals surface area contributed by atoms with Crippen molar-refractivity contribution in [1.82, 2.24) is 14.8 Å². The van der Waals surface area contributed by atoms with Crippen LogP contribution in [0.4, 0.5) is 0 Å². The molecule has 1 aliphatic rings. The highest BCUT2D eigenvalue weighted by molar-refractivity contribution is 5.15. The minimum atomic E-state index is -0.199. The molecule has 84 valence electrons. The fourth-order valence-electron chi connectivity index (χ4n) is 2.00. The standard InChI is InChI=1S/C10H18N4O/c1-4-8-12-9(14(3)13-8)10(2)6-15-5-7(10)11/h7H,4-6,11H2,1-3H3. The molecule has 1 aromatic rings. The summed E-state index contributed by atoms with van der Waals surface area (Å²) in [6.07, 6.45) is 0.847. The van der Waals surface area contributed by atoms with Crippen molar-refractivity contribution in [2.24, 2.45) is 12.8 Å². The van der Waals surface area contributed by atoms with Crippen molar-refractivity contribution in [1.29, 1.82) is 0 Å². The Kier molecular flexibility index (Phi) is 2.52. The second-order valence-corrected chi connectivity index (χ2v) is 4.37. The number of aryl methyl sites for hydroxylation is 2. The van der Waals surface area contributed by atoms with Gasteiger partial charge in [0, 0.05) is 19.5 Å². The molecule has 0 bridgehead atoms. The van der Waals surface area contributed by atoms with Crippen LogP contribution in [-0.4, -0.2) is 34.0 Å². The number of aromatic nitrogens is 3. The quantitative estimate of drug-likeness (QED) is 0.745. The summed E-state index contributed by atoms with van der Waals surface area (Å²) in [5.41, 5.74) is 5.86. The molecule has 5 heteroatoms. The number of rotatable bonds is 2. The number of nitrogens with two attached hydrogens (primary N) is 1. The van der Waals surface area contributed by atoms with Crippen LogP contribution >= 0.6 is 0 Å². The first-order valence-electron chi connectivity index (χ1n) is 5.31. The molecule has 0 amide bonds. The third-order valence-electron chi connectivity index (χ3n) is 3.15. The lowest BCUT2D eigenvalue weighted by molar-refractivity contribution is 0.177. The van der Waals surface area contributed by atoms with Crippen LogP contribution in [-0.2, 0) is 23.6 Å². The van der Waals surface area contributed by atoms with Gasteiger partial charge >= 0.3 is 0 Å². The van der Waals surface area contributed by atoms with Crippen molar-refractivity contribution in [2.75, 3.05) is 13.2 Å². The predicted octanol–water partition coefficient (Wildman–Crippen LogP) is -0.00730. The van der Waals surface area contributed by atoms with Gasteiger partial charge in [0.05, 0.1) is 18.6 Å². The summed E-state index contributed by atoms with van der Waals surface area (Å²) in [4.78, 5) is 4.52. The van der Waals surface area contributed by atoms with E-state index in [-0.39, 0.29) is 11.5 Å². The molecule has 0 aromatic carbocycles. The molecule has 1 aliphatic heterocycles. The molecule has 2 heterocycles. The van der Waals surface area contributed by atoms with Gasteiger partial charge in [-0.1, -0.05) is 6.92 Å². The van der Waals surface area contributed by atoms with Gasteiger partial charge in [0.15, 0.2) is 5.82 Å². The van der Waals surface area contributed by atoms with Crippen molar-refractivity contribution >= 4 is 0 Å². The van der Waals surface area contributed by atoms with Crippen LogP contribution in [0.25, 0.3) is 0 Å². The molecule has 1 aromatic heterocycles. The van der Waals surface area contributed by atoms with Gasteiger partial charge in [-0.2, -0.15) is 5.10 Å². The van der Waals surface area contributed by atoms with E-state index < -0.39 is 0 Å². The Bertz CT molecular complexity index is 362. The summed E-state index contributed by atoms with van der Waals surface area (Å²) in [5.74, 6) is 1.80. The molecule has 1 saturated heterocycles. The molecule has 5 nitrogen and oxygen atoms in total. The Morgan fingerprint density at radius 3 is 2.87 bits per heavy atom. The molecule has 2 unspecified atom stereocenters. The summed E-state index contributed by atoms with van der Waals surface area (Å²) in [7, 11) is 1.91. The van der Waals surface area contributed by atoms with Crippen molar-refractivity contribution < 1.29 is 4.74 Å². The molecule has 0 saturated carbocycles. The minimum Gasteiger partial charge on any atom is -0.379 e. The first-order chi connectivity index (χ1) is 7.08. The Balaban J connectivity index is 2.39. The van der Waals surface area contributed by atoms with Gasteiger partial charge in [0.2, 0.25) is 0 Å². The smallest absolute Gasteiger partial charge is 0.150 e. The molecule has 2 N–H and O–H groups in total. The van der Waals surface area contributed by atoms with Gasteiger partial charge < -0.3 is 10.5 Å². The van der Waals surface area contributed by atoms with Gasteiger partial charge in [-0.05, 0) is 6.92 Å². The Hall–Kier alpha value is -0.940. The lowest BCUT2D eigenvalue weighted by Gasteiger charge is -2.25.